The first-order chi connectivity index (χ1) is 9.15. The summed E-state index contributed by atoms with van der Waals surface area (Å²) < 4.78 is 9.34. The van der Waals surface area contributed by atoms with Gasteiger partial charge in [0.15, 0.2) is 0 Å². The van der Waals surface area contributed by atoms with Gasteiger partial charge in [0.05, 0.1) is 19.9 Å². The van der Waals surface area contributed by atoms with E-state index in [-0.39, 0.29) is 0 Å². The van der Waals surface area contributed by atoms with Crippen LogP contribution >= 0.6 is 11.8 Å². The molecule has 1 aromatic rings. The van der Waals surface area contributed by atoms with Crippen LogP contribution in [0.25, 0.3) is 0 Å². The van der Waals surface area contributed by atoms with Crippen molar-refractivity contribution in [1.82, 2.24) is 0 Å². The van der Waals surface area contributed by atoms with E-state index in [1.54, 1.807) is 0 Å². The number of esters is 2. The molecule has 0 spiro atoms. The molecule has 0 saturated carbocycles. The molecule has 0 fully saturated rings. The van der Waals surface area contributed by atoms with Crippen molar-refractivity contribution in [1.29, 1.82) is 0 Å². The standard InChI is InChI=1S/C13H13NO4S/c1-17-11(15)7-9-12(13(16)18-2)19-10-6-4-3-5-8(10)14-9/h3-7,12,14H,1-2H3/b9-7+/t12-/m1/s1. The molecule has 100 valence electrons. The molecule has 0 saturated heterocycles. The summed E-state index contributed by atoms with van der Waals surface area (Å²) in [6.45, 7) is 0. The molecule has 0 aromatic heterocycles. The second-order valence-corrected chi connectivity index (χ2v) is 4.91. The lowest BCUT2D eigenvalue weighted by Crippen LogP contribution is -2.29. The number of hydrogen-bond acceptors (Lipinski definition) is 6. The lowest BCUT2D eigenvalue weighted by molar-refractivity contribution is -0.139. The van der Waals surface area contributed by atoms with Crippen LogP contribution in [0.5, 0.6) is 0 Å². The van der Waals surface area contributed by atoms with Gasteiger partial charge in [-0.2, -0.15) is 0 Å². The molecular formula is C13H13NO4S. The van der Waals surface area contributed by atoms with Gasteiger partial charge in [-0.25, -0.2) is 4.79 Å². The van der Waals surface area contributed by atoms with E-state index in [0.29, 0.717) is 5.70 Å². The number of ether oxygens (including phenoxy) is 2. The van der Waals surface area contributed by atoms with Gasteiger partial charge in [-0.1, -0.05) is 12.1 Å². The summed E-state index contributed by atoms with van der Waals surface area (Å²) in [7, 11) is 2.61. The second-order valence-electron chi connectivity index (χ2n) is 3.77. The molecule has 2 rings (SSSR count). The zero-order chi connectivity index (χ0) is 13.8. The Bertz CT molecular complexity index is 541. The summed E-state index contributed by atoms with van der Waals surface area (Å²) >= 11 is 1.34. The number of nitrogens with one attached hydrogen (secondary N) is 1. The number of thioether (sulfide) groups is 1. The monoisotopic (exact) mass is 279 g/mol. The number of para-hydroxylation sites is 1. The molecule has 0 bridgehead atoms. The number of fused-ring (bicyclic) bond motifs is 1. The molecule has 0 unspecified atom stereocenters. The van der Waals surface area contributed by atoms with Crippen molar-refractivity contribution < 1.29 is 19.1 Å². The topological polar surface area (TPSA) is 64.6 Å². The normalized spacial score (nSPS) is 19.3. The van der Waals surface area contributed by atoms with E-state index in [4.69, 9.17) is 4.74 Å². The van der Waals surface area contributed by atoms with Crippen LogP contribution in [0.15, 0.2) is 40.9 Å². The Hall–Kier alpha value is -1.95. The van der Waals surface area contributed by atoms with Gasteiger partial charge in [0.1, 0.15) is 5.25 Å². The predicted molar refractivity (Wildman–Crippen MR) is 71.8 cm³/mol. The Kier molecular flexibility index (Phi) is 4.11. The van der Waals surface area contributed by atoms with Crippen molar-refractivity contribution in [3.8, 4) is 0 Å². The van der Waals surface area contributed by atoms with E-state index in [0.717, 1.165) is 10.6 Å². The van der Waals surface area contributed by atoms with Crippen LogP contribution in [0.3, 0.4) is 0 Å². The molecule has 1 aliphatic heterocycles. The van der Waals surface area contributed by atoms with E-state index in [2.05, 4.69) is 10.1 Å². The first kappa shape index (κ1) is 13.5. The Morgan fingerprint density at radius 1 is 1.26 bits per heavy atom. The summed E-state index contributed by atoms with van der Waals surface area (Å²) in [6.07, 6.45) is 1.27. The minimum absolute atomic E-state index is 0.415. The van der Waals surface area contributed by atoms with E-state index < -0.39 is 17.2 Å². The van der Waals surface area contributed by atoms with E-state index in [1.165, 1.54) is 32.1 Å². The minimum atomic E-state index is -0.598. The third kappa shape index (κ3) is 2.90. The zero-order valence-corrected chi connectivity index (χ0v) is 11.3. The molecule has 0 radical (unpaired) electrons. The predicted octanol–water partition coefficient (Wildman–Crippen LogP) is 1.80. The number of rotatable bonds is 2. The van der Waals surface area contributed by atoms with Crippen LogP contribution in [-0.2, 0) is 19.1 Å². The fourth-order valence-electron chi connectivity index (χ4n) is 1.66. The molecule has 6 heteroatoms. The molecule has 1 aliphatic rings. The van der Waals surface area contributed by atoms with Gasteiger partial charge in [0.25, 0.3) is 0 Å². The quantitative estimate of drug-likeness (QED) is 0.658. The molecule has 1 atom stereocenters. The Morgan fingerprint density at radius 3 is 2.68 bits per heavy atom. The van der Waals surface area contributed by atoms with Gasteiger partial charge in [-0.05, 0) is 12.1 Å². The lowest BCUT2D eigenvalue weighted by Gasteiger charge is -2.26. The van der Waals surface area contributed by atoms with Crippen molar-refractivity contribution in [2.45, 2.75) is 10.1 Å². The highest BCUT2D eigenvalue weighted by molar-refractivity contribution is 8.01. The fourth-order valence-corrected chi connectivity index (χ4v) is 2.77. The maximum absolute atomic E-state index is 11.8. The smallest absolute Gasteiger partial charge is 0.332 e. The molecule has 0 amide bonds. The van der Waals surface area contributed by atoms with E-state index in [1.807, 2.05) is 24.3 Å². The summed E-state index contributed by atoms with van der Waals surface area (Å²) in [4.78, 5) is 24.1. The Morgan fingerprint density at radius 2 is 2.00 bits per heavy atom. The maximum Gasteiger partial charge on any atom is 0.332 e. The number of carbonyl (C=O) groups excluding carboxylic acids is 2. The SMILES string of the molecule is COC(=O)/C=C1/Nc2ccccc2S[C@H]1C(=O)OC. The average Bonchev–Trinajstić information content (AvgIpc) is 2.45. The van der Waals surface area contributed by atoms with Crippen molar-refractivity contribution in [3.63, 3.8) is 0 Å². The van der Waals surface area contributed by atoms with Gasteiger partial charge in [-0.15, -0.1) is 11.8 Å². The number of carbonyl (C=O) groups is 2. The van der Waals surface area contributed by atoms with Gasteiger partial charge in [0.2, 0.25) is 0 Å². The van der Waals surface area contributed by atoms with Crippen LogP contribution in [0.4, 0.5) is 5.69 Å². The average molecular weight is 279 g/mol. The maximum atomic E-state index is 11.8. The number of hydrogen-bond donors (Lipinski definition) is 1. The van der Waals surface area contributed by atoms with Crippen molar-refractivity contribution in [2.75, 3.05) is 19.5 Å². The third-order valence-electron chi connectivity index (χ3n) is 2.58. The van der Waals surface area contributed by atoms with Crippen LogP contribution in [0.1, 0.15) is 0 Å². The van der Waals surface area contributed by atoms with Gasteiger partial charge >= 0.3 is 11.9 Å². The fraction of sp³-hybridized carbons (Fsp3) is 0.231. The van der Waals surface area contributed by atoms with E-state index >= 15 is 0 Å². The summed E-state index contributed by atoms with van der Waals surface area (Å²) in [5.74, 6) is -0.932. The van der Waals surface area contributed by atoms with Crippen LogP contribution < -0.4 is 5.32 Å². The molecule has 1 aromatic carbocycles. The molecule has 1 heterocycles. The van der Waals surface area contributed by atoms with Gasteiger partial charge < -0.3 is 14.8 Å². The first-order valence-corrected chi connectivity index (χ1v) is 6.43. The molecule has 0 aliphatic carbocycles. The van der Waals surface area contributed by atoms with E-state index in [9.17, 15) is 9.59 Å². The van der Waals surface area contributed by atoms with Crippen molar-refractivity contribution in [2.24, 2.45) is 0 Å². The lowest BCUT2D eigenvalue weighted by atomic mass is 10.2. The zero-order valence-electron chi connectivity index (χ0n) is 10.5. The minimum Gasteiger partial charge on any atom is -0.468 e. The Balaban J connectivity index is 2.37. The van der Waals surface area contributed by atoms with Gasteiger partial charge in [0, 0.05) is 16.7 Å². The number of anilines is 1. The second kappa shape index (κ2) is 5.79. The van der Waals surface area contributed by atoms with Crippen LogP contribution in [-0.4, -0.2) is 31.4 Å². The third-order valence-corrected chi connectivity index (χ3v) is 3.88. The highest BCUT2D eigenvalue weighted by Crippen LogP contribution is 2.39. The highest BCUT2D eigenvalue weighted by atomic mass is 32.2. The van der Waals surface area contributed by atoms with Gasteiger partial charge in [-0.3, -0.25) is 4.79 Å². The number of methoxy groups -OCH3 is 2. The molecule has 19 heavy (non-hydrogen) atoms. The van der Waals surface area contributed by atoms with Crippen molar-refractivity contribution in [3.05, 3.63) is 36.0 Å². The summed E-state index contributed by atoms with van der Waals surface area (Å²) in [5, 5.41) is 2.47. The molecule has 1 N–H and O–H groups in total. The Labute approximate surface area is 115 Å². The van der Waals surface area contributed by atoms with Crippen molar-refractivity contribution >= 4 is 29.4 Å². The molecule has 5 nitrogen and oxygen atoms in total. The van der Waals surface area contributed by atoms with Crippen LogP contribution in [0, 0.1) is 0 Å². The molecular weight excluding hydrogens is 266 g/mol. The number of benzene rings is 1. The van der Waals surface area contributed by atoms with Crippen LogP contribution in [0.2, 0.25) is 0 Å². The largest absolute Gasteiger partial charge is 0.468 e. The highest BCUT2D eigenvalue weighted by Gasteiger charge is 2.31. The first-order valence-electron chi connectivity index (χ1n) is 5.55. The summed E-state index contributed by atoms with van der Waals surface area (Å²) in [5.41, 5.74) is 1.31. The summed E-state index contributed by atoms with van der Waals surface area (Å²) in [6, 6.07) is 7.54.